The van der Waals surface area contributed by atoms with Crippen LogP contribution in [0.15, 0.2) is 28.1 Å². The summed E-state index contributed by atoms with van der Waals surface area (Å²) in [6.07, 6.45) is 7.02. The summed E-state index contributed by atoms with van der Waals surface area (Å²) < 4.78 is 2.02. The molecular formula is C15H23BrN4O. The first-order valence-electron chi connectivity index (χ1n) is 7.43. The van der Waals surface area contributed by atoms with Gasteiger partial charge in [-0.25, -0.2) is 4.68 Å². The van der Waals surface area contributed by atoms with Gasteiger partial charge in [-0.15, -0.1) is 6.58 Å². The molecule has 0 amide bonds. The molecular weight excluding hydrogens is 332 g/mol. The highest BCUT2D eigenvalue weighted by Crippen LogP contribution is 2.28. The first-order valence-corrected chi connectivity index (χ1v) is 8.22. The zero-order chi connectivity index (χ0) is 15.2. The minimum Gasteiger partial charge on any atom is -0.369 e. The van der Waals surface area contributed by atoms with Gasteiger partial charge < -0.3 is 10.2 Å². The molecule has 0 saturated carbocycles. The van der Waals surface area contributed by atoms with Gasteiger partial charge >= 0.3 is 0 Å². The smallest absolute Gasteiger partial charge is 0.283 e. The Balaban J connectivity index is 2.05. The maximum absolute atomic E-state index is 12.2. The largest absolute Gasteiger partial charge is 0.369 e. The molecule has 21 heavy (non-hydrogen) atoms. The van der Waals surface area contributed by atoms with Gasteiger partial charge in [-0.1, -0.05) is 6.08 Å². The molecule has 0 bridgehead atoms. The predicted octanol–water partition coefficient (Wildman–Crippen LogP) is 2.02. The maximum Gasteiger partial charge on any atom is 0.283 e. The van der Waals surface area contributed by atoms with Crippen LogP contribution in [0.25, 0.3) is 0 Å². The number of allylic oxidation sites excluding steroid dienone is 1. The van der Waals surface area contributed by atoms with E-state index in [0.29, 0.717) is 11.0 Å². The third kappa shape index (κ3) is 3.95. The Labute approximate surface area is 134 Å². The van der Waals surface area contributed by atoms with Crippen molar-refractivity contribution >= 4 is 21.6 Å². The standard InChI is InChI=1S/C15H23BrN4O/c1-3-8-20-15(21)14(16)13(11-18-20)19-9-5-12(6-10-19)4-7-17-2/h3,11-12,17H,1,4-10H2,2H3. The summed E-state index contributed by atoms with van der Waals surface area (Å²) in [5.41, 5.74) is 0.817. The van der Waals surface area contributed by atoms with Gasteiger partial charge in [0.25, 0.3) is 5.56 Å². The van der Waals surface area contributed by atoms with E-state index in [1.54, 1.807) is 12.3 Å². The number of hydrogen-bond acceptors (Lipinski definition) is 4. The molecule has 2 rings (SSSR count). The number of halogens is 1. The Morgan fingerprint density at radius 3 is 2.86 bits per heavy atom. The van der Waals surface area contributed by atoms with Crippen LogP contribution in [-0.2, 0) is 6.54 Å². The van der Waals surface area contributed by atoms with Crippen LogP contribution in [-0.4, -0.2) is 36.5 Å². The number of rotatable bonds is 6. The summed E-state index contributed by atoms with van der Waals surface area (Å²) in [6.45, 7) is 7.12. The van der Waals surface area contributed by atoms with Crippen LogP contribution in [0.5, 0.6) is 0 Å². The minimum atomic E-state index is -0.0929. The molecule has 1 aromatic heterocycles. The van der Waals surface area contributed by atoms with Crippen LogP contribution in [0.2, 0.25) is 0 Å². The van der Waals surface area contributed by atoms with Gasteiger partial charge in [0.15, 0.2) is 0 Å². The molecule has 116 valence electrons. The van der Waals surface area contributed by atoms with Crippen LogP contribution in [0.1, 0.15) is 19.3 Å². The zero-order valence-corrected chi connectivity index (χ0v) is 14.1. The van der Waals surface area contributed by atoms with E-state index in [0.717, 1.165) is 31.2 Å². The van der Waals surface area contributed by atoms with Crippen molar-refractivity contribution in [1.82, 2.24) is 15.1 Å². The van der Waals surface area contributed by atoms with E-state index >= 15 is 0 Å². The predicted molar refractivity (Wildman–Crippen MR) is 89.9 cm³/mol. The maximum atomic E-state index is 12.2. The fourth-order valence-electron chi connectivity index (χ4n) is 2.74. The monoisotopic (exact) mass is 354 g/mol. The molecule has 0 radical (unpaired) electrons. The average molecular weight is 355 g/mol. The van der Waals surface area contributed by atoms with Crippen molar-refractivity contribution in [2.75, 3.05) is 31.6 Å². The quantitative estimate of drug-likeness (QED) is 0.794. The Bertz CT molecular complexity index is 535. The second-order valence-corrected chi connectivity index (χ2v) is 6.24. The minimum absolute atomic E-state index is 0.0929. The number of hydrogen-bond donors (Lipinski definition) is 1. The molecule has 0 aliphatic carbocycles. The highest BCUT2D eigenvalue weighted by molar-refractivity contribution is 9.10. The van der Waals surface area contributed by atoms with E-state index in [4.69, 9.17) is 0 Å². The Hall–Kier alpha value is -1.14. The van der Waals surface area contributed by atoms with Gasteiger partial charge in [-0.05, 0) is 54.7 Å². The van der Waals surface area contributed by atoms with Crippen molar-refractivity contribution in [3.8, 4) is 0 Å². The van der Waals surface area contributed by atoms with Crippen LogP contribution in [0.3, 0.4) is 0 Å². The summed E-state index contributed by atoms with van der Waals surface area (Å²) in [5.74, 6) is 0.779. The van der Waals surface area contributed by atoms with Crippen molar-refractivity contribution < 1.29 is 0 Å². The molecule has 6 heteroatoms. The average Bonchev–Trinajstić information content (AvgIpc) is 2.51. The summed E-state index contributed by atoms with van der Waals surface area (Å²) in [7, 11) is 2.00. The summed E-state index contributed by atoms with van der Waals surface area (Å²) in [6, 6.07) is 0. The molecule has 1 aliphatic heterocycles. The van der Waals surface area contributed by atoms with Gasteiger partial charge in [0.05, 0.1) is 18.4 Å². The number of piperidine rings is 1. The van der Waals surface area contributed by atoms with E-state index in [-0.39, 0.29) is 5.56 Å². The SMILES string of the molecule is C=CCn1ncc(N2CCC(CCNC)CC2)c(Br)c1=O. The first kappa shape index (κ1) is 16.2. The molecule has 1 fully saturated rings. The van der Waals surface area contributed by atoms with E-state index in [9.17, 15) is 4.79 Å². The van der Waals surface area contributed by atoms with Crippen molar-refractivity contribution in [1.29, 1.82) is 0 Å². The van der Waals surface area contributed by atoms with Crippen LogP contribution >= 0.6 is 15.9 Å². The number of nitrogens with one attached hydrogen (secondary N) is 1. The van der Waals surface area contributed by atoms with E-state index < -0.39 is 0 Å². The number of aromatic nitrogens is 2. The highest BCUT2D eigenvalue weighted by Gasteiger charge is 2.22. The topological polar surface area (TPSA) is 50.2 Å². The third-order valence-electron chi connectivity index (χ3n) is 4.03. The molecule has 0 aromatic carbocycles. The summed E-state index contributed by atoms with van der Waals surface area (Å²) >= 11 is 3.43. The molecule has 5 nitrogen and oxygen atoms in total. The summed E-state index contributed by atoms with van der Waals surface area (Å²) in [5, 5.41) is 7.43. The van der Waals surface area contributed by atoms with Crippen LogP contribution < -0.4 is 15.8 Å². The molecule has 1 aromatic rings. The second-order valence-electron chi connectivity index (χ2n) is 5.44. The van der Waals surface area contributed by atoms with Gasteiger partial charge in [0.1, 0.15) is 4.47 Å². The Morgan fingerprint density at radius 1 is 1.52 bits per heavy atom. The van der Waals surface area contributed by atoms with Crippen molar-refractivity contribution in [3.05, 3.63) is 33.7 Å². The van der Waals surface area contributed by atoms with Crippen molar-refractivity contribution in [2.24, 2.45) is 5.92 Å². The normalized spacial score (nSPS) is 16.2. The Kier molecular flexibility index (Phi) is 5.99. The van der Waals surface area contributed by atoms with Gasteiger partial charge in [-0.2, -0.15) is 5.10 Å². The molecule has 0 spiro atoms. The van der Waals surface area contributed by atoms with Gasteiger partial charge in [-0.3, -0.25) is 4.79 Å². The van der Waals surface area contributed by atoms with Crippen molar-refractivity contribution in [2.45, 2.75) is 25.8 Å². The number of nitrogens with zero attached hydrogens (tertiary/aromatic N) is 3. The second kappa shape index (κ2) is 7.75. The van der Waals surface area contributed by atoms with E-state index in [1.165, 1.54) is 23.9 Å². The van der Waals surface area contributed by atoms with E-state index in [1.807, 2.05) is 7.05 Å². The molecule has 1 aliphatic rings. The molecule has 0 atom stereocenters. The Morgan fingerprint density at radius 2 is 2.24 bits per heavy atom. The first-order chi connectivity index (χ1) is 10.2. The lowest BCUT2D eigenvalue weighted by molar-refractivity contribution is 0.377. The molecule has 2 heterocycles. The van der Waals surface area contributed by atoms with Gasteiger partial charge in [0, 0.05) is 13.1 Å². The lowest BCUT2D eigenvalue weighted by Crippen LogP contribution is -2.36. The highest BCUT2D eigenvalue weighted by atomic mass is 79.9. The zero-order valence-electron chi connectivity index (χ0n) is 12.5. The molecule has 1 saturated heterocycles. The lowest BCUT2D eigenvalue weighted by atomic mass is 9.93. The summed E-state index contributed by atoms with van der Waals surface area (Å²) in [4.78, 5) is 14.5. The van der Waals surface area contributed by atoms with E-state index in [2.05, 4.69) is 37.8 Å². The van der Waals surface area contributed by atoms with Crippen molar-refractivity contribution in [3.63, 3.8) is 0 Å². The van der Waals surface area contributed by atoms with Gasteiger partial charge in [0.2, 0.25) is 0 Å². The fourth-order valence-corrected chi connectivity index (χ4v) is 3.30. The third-order valence-corrected chi connectivity index (χ3v) is 4.77. The lowest BCUT2D eigenvalue weighted by Gasteiger charge is -2.33. The number of anilines is 1. The van der Waals surface area contributed by atoms with Crippen LogP contribution in [0.4, 0.5) is 5.69 Å². The molecule has 1 N–H and O–H groups in total. The fraction of sp³-hybridized carbons (Fsp3) is 0.600. The molecule has 0 unspecified atom stereocenters. The van der Waals surface area contributed by atoms with Crippen LogP contribution in [0, 0.1) is 5.92 Å².